The highest BCUT2D eigenvalue weighted by atomic mass is 35.5. The van der Waals surface area contributed by atoms with Crippen LogP contribution >= 0.6 is 11.6 Å². The van der Waals surface area contributed by atoms with Crippen LogP contribution < -0.4 is 11.2 Å². The first-order valence-electron chi connectivity index (χ1n) is 6.91. The van der Waals surface area contributed by atoms with E-state index in [2.05, 4.69) is 25.5 Å². The van der Waals surface area contributed by atoms with Gasteiger partial charge in [0.15, 0.2) is 0 Å². The lowest BCUT2D eigenvalue weighted by molar-refractivity contribution is -0.384. The van der Waals surface area contributed by atoms with Crippen molar-refractivity contribution in [3.05, 3.63) is 56.9 Å². The van der Waals surface area contributed by atoms with E-state index in [0.717, 1.165) is 0 Å². The Hall–Kier alpha value is -3.73. The molecular weight excluding hydrogens is 368 g/mol. The molecule has 3 rings (SSSR count). The van der Waals surface area contributed by atoms with Crippen molar-refractivity contribution in [1.82, 2.24) is 15.7 Å². The number of anilines is 1. The number of nitrogens with zero attached hydrogens (tertiary/aromatic N) is 4. The maximum Gasteiger partial charge on any atom is 0.297 e. The van der Waals surface area contributed by atoms with Gasteiger partial charge in [0.2, 0.25) is 11.5 Å². The summed E-state index contributed by atoms with van der Waals surface area (Å²) in [5, 5.41) is 21.3. The first kappa shape index (κ1) is 17.1. The van der Waals surface area contributed by atoms with E-state index in [1.807, 2.05) is 0 Å². The van der Waals surface area contributed by atoms with Crippen LogP contribution in [0.3, 0.4) is 0 Å². The lowest BCUT2D eigenvalue weighted by Gasteiger charge is -1.99. The van der Waals surface area contributed by atoms with Crippen molar-refractivity contribution < 1.29 is 18.8 Å². The van der Waals surface area contributed by atoms with Gasteiger partial charge in [0, 0.05) is 11.6 Å². The van der Waals surface area contributed by atoms with E-state index in [4.69, 9.17) is 21.8 Å². The summed E-state index contributed by atoms with van der Waals surface area (Å²) in [7, 11) is 0. The van der Waals surface area contributed by atoms with Gasteiger partial charge in [-0.2, -0.15) is 5.10 Å². The van der Waals surface area contributed by atoms with Gasteiger partial charge in [-0.05, 0) is 34.6 Å². The van der Waals surface area contributed by atoms with Crippen molar-refractivity contribution in [1.29, 1.82) is 0 Å². The molecule has 0 saturated heterocycles. The Morgan fingerprint density at radius 2 is 2.15 bits per heavy atom. The number of nitro groups is 1. The summed E-state index contributed by atoms with van der Waals surface area (Å²) in [6, 6.07) is 7.44. The van der Waals surface area contributed by atoms with E-state index >= 15 is 0 Å². The minimum atomic E-state index is -0.708. The number of hydrogen-bond acceptors (Lipinski definition) is 9. The summed E-state index contributed by atoms with van der Waals surface area (Å²) >= 11 is 5.78. The fourth-order valence-corrected chi connectivity index (χ4v) is 2.13. The Kier molecular flexibility index (Phi) is 4.62. The zero-order valence-corrected chi connectivity index (χ0v) is 13.5. The van der Waals surface area contributed by atoms with Crippen LogP contribution in [0.1, 0.15) is 16.2 Å². The largest absolute Gasteiger partial charge is 0.455 e. The Morgan fingerprint density at radius 3 is 2.85 bits per heavy atom. The van der Waals surface area contributed by atoms with Crippen molar-refractivity contribution in [3.8, 4) is 11.3 Å². The second kappa shape index (κ2) is 7.03. The minimum absolute atomic E-state index is 0.0245. The molecule has 3 aromatic rings. The number of nitrogens with one attached hydrogen (secondary N) is 1. The number of benzene rings is 1. The lowest BCUT2D eigenvalue weighted by Crippen LogP contribution is -2.19. The number of nitro benzene ring substituents is 1. The Labute approximate surface area is 149 Å². The highest BCUT2D eigenvalue weighted by molar-refractivity contribution is 6.32. The van der Waals surface area contributed by atoms with E-state index in [-0.39, 0.29) is 22.2 Å². The van der Waals surface area contributed by atoms with Crippen molar-refractivity contribution in [3.63, 3.8) is 0 Å². The Morgan fingerprint density at radius 1 is 1.35 bits per heavy atom. The summed E-state index contributed by atoms with van der Waals surface area (Å²) in [6.07, 6.45) is 1.23. The van der Waals surface area contributed by atoms with Crippen molar-refractivity contribution >= 4 is 35.2 Å². The van der Waals surface area contributed by atoms with Crippen LogP contribution in [0.5, 0.6) is 0 Å². The highest BCUT2D eigenvalue weighted by Gasteiger charge is 2.16. The zero-order valence-electron chi connectivity index (χ0n) is 12.7. The molecule has 0 saturated carbocycles. The van der Waals surface area contributed by atoms with Gasteiger partial charge in [-0.3, -0.25) is 14.9 Å². The minimum Gasteiger partial charge on any atom is -0.455 e. The Bertz CT molecular complexity index is 1010. The lowest BCUT2D eigenvalue weighted by atomic mass is 10.1. The van der Waals surface area contributed by atoms with Crippen LogP contribution in [-0.2, 0) is 0 Å². The predicted octanol–water partition coefficient (Wildman–Crippen LogP) is 2.24. The molecule has 2 aromatic heterocycles. The van der Waals surface area contributed by atoms with E-state index in [1.165, 1.54) is 18.3 Å². The molecule has 1 aromatic carbocycles. The maximum absolute atomic E-state index is 11.7. The number of halogens is 1. The summed E-state index contributed by atoms with van der Waals surface area (Å²) < 4.78 is 9.81. The number of aromatic nitrogens is 2. The van der Waals surface area contributed by atoms with Gasteiger partial charge < -0.3 is 10.2 Å². The summed E-state index contributed by atoms with van der Waals surface area (Å²) in [6.45, 7) is 0. The van der Waals surface area contributed by atoms with Gasteiger partial charge in [0.05, 0.1) is 11.1 Å². The van der Waals surface area contributed by atoms with Gasteiger partial charge in [-0.1, -0.05) is 11.6 Å². The third-order valence-corrected chi connectivity index (χ3v) is 3.46. The molecule has 0 unspecified atom stereocenters. The first-order valence-corrected chi connectivity index (χ1v) is 7.29. The maximum atomic E-state index is 11.7. The van der Waals surface area contributed by atoms with E-state index < -0.39 is 10.8 Å². The topological polar surface area (TPSA) is 163 Å². The van der Waals surface area contributed by atoms with Gasteiger partial charge in [0.1, 0.15) is 16.5 Å². The van der Waals surface area contributed by atoms with Gasteiger partial charge in [-0.25, -0.2) is 10.1 Å². The molecule has 0 fully saturated rings. The molecule has 0 aliphatic rings. The van der Waals surface area contributed by atoms with Crippen molar-refractivity contribution in [2.45, 2.75) is 0 Å². The quantitative estimate of drug-likeness (QED) is 0.389. The molecule has 1 amide bonds. The highest BCUT2D eigenvalue weighted by Crippen LogP contribution is 2.30. The molecule has 0 bridgehead atoms. The predicted molar refractivity (Wildman–Crippen MR) is 89.6 cm³/mol. The summed E-state index contributed by atoms with van der Waals surface area (Å²) in [5.74, 6) is -0.214. The number of nitrogens with two attached hydrogens (primary N) is 1. The molecule has 11 nitrogen and oxygen atoms in total. The van der Waals surface area contributed by atoms with Crippen LogP contribution in [0.4, 0.5) is 11.5 Å². The van der Waals surface area contributed by atoms with Gasteiger partial charge >= 0.3 is 0 Å². The molecule has 132 valence electrons. The zero-order chi connectivity index (χ0) is 18.7. The Balaban J connectivity index is 1.72. The molecule has 0 spiro atoms. The number of amides is 1. The van der Waals surface area contributed by atoms with Crippen LogP contribution in [0.25, 0.3) is 11.3 Å². The average molecular weight is 377 g/mol. The second-order valence-electron chi connectivity index (χ2n) is 4.82. The monoisotopic (exact) mass is 376 g/mol. The molecule has 0 aliphatic heterocycles. The third-order valence-electron chi connectivity index (χ3n) is 3.14. The summed E-state index contributed by atoms with van der Waals surface area (Å²) in [4.78, 5) is 22.1. The molecule has 3 N–H and O–H groups in total. The van der Waals surface area contributed by atoms with E-state index in [0.29, 0.717) is 17.1 Å². The number of hydrogen-bond donors (Lipinski definition) is 2. The van der Waals surface area contributed by atoms with Gasteiger partial charge in [0.25, 0.3) is 11.6 Å². The number of carbonyl (C=O) groups is 1. The molecule has 2 heterocycles. The fraction of sp³-hybridized carbons (Fsp3) is 0. The molecule has 12 heteroatoms. The van der Waals surface area contributed by atoms with Gasteiger partial charge in [-0.15, -0.1) is 0 Å². The summed E-state index contributed by atoms with van der Waals surface area (Å²) in [5.41, 5.74) is 7.59. The molecule has 0 atom stereocenters. The molecule has 0 radical (unpaired) electrons. The normalized spacial score (nSPS) is 11.0. The van der Waals surface area contributed by atoms with Crippen molar-refractivity contribution in [2.24, 2.45) is 5.10 Å². The third kappa shape index (κ3) is 3.52. The van der Waals surface area contributed by atoms with Crippen LogP contribution in [0.15, 0.2) is 44.5 Å². The van der Waals surface area contributed by atoms with Crippen LogP contribution in [0.2, 0.25) is 5.02 Å². The first-order chi connectivity index (χ1) is 12.5. The van der Waals surface area contributed by atoms with E-state index in [9.17, 15) is 14.9 Å². The fourth-order valence-electron chi connectivity index (χ4n) is 1.94. The van der Waals surface area contributed by atoms with Crippen molar-refractivity contribution in [2.75, 3.05) is 5.73 Å². The smallest absolute Gasteiger partial charge is 0.297 e. The number of carbonyl (C=O) groups excluding carboxylic acids is 1. The standard InChI is InChI=1S/C14H9ClN6O5/c15-9-3-1-7(5-10(9)21(23)24)11-4-2-8(25-11)6-17-18-14(22)12-13(16)20-26-19-12/h1-6H,(H2,16,20)(H,18,22)/b17-6-. The molecule has 26 heavy (non-hydrogen) atoms. The number of hydrazone groups is 1. The van der Waals surface area contributed by atoms with Crippen LogP contribution in [-0.4, -0.2) is 27.4 Å². The van der Waals surface area contributed by atoms with Crippen LogP contribution in [0, 0.1) is 10.1 Å². The number of rotatable bonds is 5. The second-order valence-corrected chi connectivity index (χ2v) is 5.23. The SMILES string of the molecule is Nc1nonc1C(=O)N/N=C\c1ccc(-c2ccc(Cl)c([N+](=O)[O-])c2)o1. The molecule has 0 aliphatic carbocycles. The molecular formula is C14H9ClN6O5. The average Bonchev–Trinajstić information content (AvgIpc) is 3.24. The number of nitrogen functional groups attached to an aromatic ring is 1. The number of furan rings is 1. The van der Waals surface area contributed by atoms with E-state index in [1.54, 1.807) is 18.2 Å².